The predicted molar refractivity (Wildman–Crippen MR) is 125 cm³/mol. The van der Waals surface area contributed by atoms with Crippen LogP contribution in [0.2, 0.25) is 0 Å². The SMILES string of the molecule is CS(=O)(=O)N[C@@H](COC(=O)/C=C/C(=O)OC[C@H](NS(C)(=O)=O)c1ccccc1)c1ccccc1. The maximum atomic E-state index is 12.0. The monoisotopic (exact) mass is 510 g/mol. The Hall–Kier alpha value is -3.06. The Balaban J connectivity index is 1.93. The first kappa shape index (κ1) is 27.2. The molecule has 0 amide bonds. The molecule has 2 atom stereocenters. The highest BCUT2D eigenvalue weighted by molar-refractivity contribution is 7.89. The molecule has 0 bridgehead atoms. The van der Waals surface area contributed by atoms with Crippen molar-refractivity contribution in [3.05, 3.63) is 83.9 Å². The molecule has 0 fully saturated rings. The molecule has 0 aromatic heterocycles. The van der Waals surface area contributed by atoms with Crippen LogP contribution in [0.25, 0.3) is 0 Å². The molecule has 0 unspecified atom stereocenters. The van der Waals surface area contributed by atoms with Crippen molar-refractivity contribution in [2.24, 2.45) is 0 Å². The number of rotatable bonds is 12. The van der Waals surface area contributed by atoms with Crippen LogP contribution in [0.5, 0.6) is 0 Å². The number of ether oxygens (including phenoxy) is 2. The number of carbonyl (C=O) groups excluding carboxylic acids is 2. The fourth-order valence-electron chi connectivity index (χ4n) is 2.85. The van der Waals surface area contributed by atoms with E-state index in [1.807, 2.05) is 0 Å². The fourth-order valence-corrected chi connectivity index (χ4v) is 4.29. The molecule has 34 heavy (non-hydrogen) atoms. The highest BCUT2D eigenvalue weighted by Crippen LogP contribution is 2.15. The summed E-state index contributed by atoms with van der Waals surface area (Å²) in [5.41, 5.74) is 1.18. The second-order valence-electron chi connectivity index (χ2n) is 7.30. The largest absolute Gasteiger partial charge is 0.460 e. The molecular formula is C22H26N2O8S2. The lowest BCUT2D eigenvalue weighted by Crippen LogP contribution is -2.31. The van der Waals surface area contributed by atoms with Crippen LogP contribution in [0.1, 0.15) is 23.2 Å². The molecule has 12 heteroatoms. The zero-order chi connectivity index (χ0) is 25.2. The van der Waals surface area contributed by atoms with Crippen LogP contribution in [0.4, 0.5) is 0 Å². The van der Waals surface area contributed by atoms with Gasteiger partial charge in [0.25, 0.3) is 0 Å². The van der Waals surface area contributed by atoms with Gasteiger partial charge in [0, 0.05) is 12.2 Å². The molecule has 2 rings (SSSR count). The smallest absolute Gasteiger partial charge is 0.331 e. The van der Waals surface area contributed by atoms with Crippen LogP contribution >= 0.6 is 0 Å². The Morgan fingerprint density at radius 2 is 1.03 bits per heavy atom. The van der Waals surface area contributed by atoms with E-state index in [1.165, 1.54) is 0 Å². The Bertz CT molecular complexity index is 1100. The maximum Gasteiger partial charge on any atom is 0.331 e. The summed E-state index contributed by atoms with van der Waals surface area (Å²) < 4.78 is 61.4. The normalized spacial score (nSPS) is 13.8. The number of benzene rings is 2. The summed E-state index contributed by atoms with van der Waals surface area (Å²) in [6.07, 6.45) is 3.66. The molecule has 10 nitrogen and oxygen atoms in total. The number of nitrogens with one attached hydrogen (secondary N) is 2. The lowest BCUT2D eigenvalue weighted by atomic mass is 10.1. The summed E-state index contributed by atoms with van der Waals surface area (Å²) in [7, 11) is -7.16. The van der Waals surface area contributed by atoms with E-state index in [1.54, 1.807) is 60.7 Å². The van der Waals surface area contributed by atoms with Gasteiger partial charge in [-0.25, -0.2) is 35.9 Å². The van der Waals surface area contributed by atoms with Crippen LogP contribution in [-0.4, -0.2) is 54.5 Å². The molecular weight excluding hydrogens is 484 g/mol. The quantitative estimate of drug-likeness (QED) is 0.320. The summed E-state index contributed by atoms with van der Waals surface area (Å²) in [5.74, 6) is -1.77. The topological polar surface area (TPSA) is 145 Å². The van der Waals surface area contributed by atoms with E-state index in [-0.39, 0.29) is 13.2 Å². The van der Waals surface area contributed by atoms with E-state index >= 15 is 0 Å². The third kappa shape index (κ3) is 10.7. The van der Waals surface area contributed by atoms with Gasteiger partial charge < -0.3 is 9.47 Å². The van der Waals surface area contributed by atoms with Crippen LogP contribution in [0, 0.1) is 0 Å². The summed E-state index contributed by atoms with van der Waals surface area (Å²) in [5, 5.41) is 0. The van der Waals surface area contributed by atoms with Crippen molar-refractivity contribution in [1.29, 1.82) is 0 Å². The molecule has 0 saturated heterocycles. The Morgan fingerprint density at radius 3 is 1.32 bits per heavy atom. The van der Waals surface area contributed by atoms with Gasteiger partial charge in [-0.15, -0.1) is 0 Å². The van der Waals surface area contributed by atoms with Gasteiger partial charge >= 0.3 is 11.9 Å². The number of hydrogen-bond donors (Lipinski definition) is 2. The first-order chi connectivity index (χ1) is 15.9. The van der Waals surface area contributed by atoms with Crippen molar-refractivity contribution < 1.29 is 35.9 Å². The van der Waals surface area contributed by atoms with Gasteiger partial charge in [-0.05, 0) is 11.1 Å². The molecule has 0 saturated carbocycles. The lowest BCUT2D eigenvalue weighted by molar-refractivity contribution is -0.141. The molecule has 2 aromatic carbocycles. The highest BCUT2D eigenvalue weighted by atomic mass is 32.2. The molecule has 2 N–H and O–H groups in total. The van der Waals surface area contributed by atoms with Crippen molar-refractivity contribution in [3.8, 4) is 0 Å². The molecule has 184 valence electrons. The third-order valence-electron chi connectivity index (χ3n) is 4.26. The standard InChI is InChI=1S/C22H26N2O8S2/c1-33(27,28)23-19(17-9-5-3-6-10-17)15-31-21(25)13-14-22(26)32-16-20(24-34(2,29)30)18-11-7-4-8-12-18/h3-14,19-20,23-24H,15-16H2,1-2H3/b14-13+/t19-,20-/m0/s1. The van der Waals surface area contributed by atoms with Crippen LogP contribution < -0.4 is 9.44 Å². The molecule has 0 aliphatic carbocycles. The van der Waals surface area contributed by atoms with Crippen LogP contribution in [0.15, 0.2) is 72.8 Å². The van der Waals surface area contributed by atoms with Crippen molar-refractivity contribution in [2.45, 2.75) is 12.1 Å². The minimum atomic E-state index is -3.58. The van der Waals surface area contributed by atoms with E-state index in [2.05, 4.69) is 9.44 Å². The summed E-state index contributed by atoms with van der Waals surface area (Å²) in [6.45, 7) is -0.604. The molecule has 0 aliphatic heterocycles. The van der Waals surface area contributed by atoms with E-state index in [4.69, 9.17) is 9.47 Å². The number of carbonyl (C=O) groups is 2. The van der Waals surface area contributed by atoms with Crippen molar-refractivity contribution in [1.82, 2.24) is 9.44 Å². The second-order valence-corrected chi connectivity index (χ2v) is 10.9. The molecule has 2 aromatic rings. The highest BCUT2D eigenvalue weighted by Gasteiger charge is 2.19. The molecule has 0 heterocycles. The third-order valence-corrected chi connectivity index (χ3v) is 5.68. The average molecular weight is 511 g/mol. The zero-order valence-electron chi connectivity index (χ0n) is 18.6. The van der Waals surface area contributed by atoms with E-state index in [9.17, 15) is 26.4 Å². The van der Waals surface area contributed by atoms with Crippen molar-refractivity contribution in [2.75, 3.05) is 25.7 Å². The fraction of sp³-hybridized carbons (Fsp3) is 0.273. The van der Waals surface area contributed by atoms with Gasteiger partial charge in [-0.2, -0.15) is 0 Å². The first-order valence-corrected chi connectivity index (χ1v) is 13.8. The first-order valence-electron chi connectivity index (χ1n) is 9.99. The Morgan fingerprint density at radius 1 is 0.706 bits per heavy atom. The predicted octanol–water partition coefficient (Wildman–Crippen LogP) is 1.21. The van der Waals surface area contributed by atoms with Gasteiger partial charge in [0.15, 0.2) is 0 Å². The van der Waals surface area contributed by atoms with Gasteiger partial charge in [-0.3, -0.25) is 0 Å². The summed E-state index contributed by atoms with van der Waals surface area (Å²) >= 11 is 0. The minimum Gasteiger partial charge on any atom is -0.460 e. The summed E-state index contributed by atoms with van der Waals surface area (Å²) in [4.78, 5) is 24.0. The van der Waals surface area contributed by atoms with Gasteiger partial charge in [0.2, 0.25) is 20.0 Å². The zero-order valence-corrected chi connectivity index (χ0v) is 20.2. The van der Waals surface area contributed by atoms with Gasteiger partial charge in [0.05, 0.1) is 24.6 Å². The molecule has 0 spiro atoms. The van der Waals surface area contributed by atoms with E-state index in [0.717, 1.165) is 24.7 Å². The Kier molecular flexibility index (Phi) is 9.93. The summed E-state index contributed by atoms with van der Waals surface area (Å²) in [6, 6.07) is 15.5. The van der Waals surface area contributed by atoms with E-state index < -0.39 is 44.1 Å². The van der Waals surface area contributed by atoms with E-state index in [0.29, 0.717) is 11.1 Å². The number of hydrogen-bond acceptors (Lipinski definition) is 8. The minimum absolute atomic E-state index is 0.302. The maximum absolute atomic E-state index is 12.0. The number of sulfonamides is 2. The van der Waals surface area contributed by atoms with Gasteiger partial charge in [-0.1, -0.05) is 60.7 Å². The lowest BCUT2D eigenvalue weighted by Gasteiger charge is -2.18. The molecule has 0 aliphatic rings. The van der Waals surface area contributed by atoms with Crippen LogP contribution in [-0.2, 0) is 39.1 Å². The Labute approximate surface area is 199 Å². The van der Waals surface area contributed by atoms with Crippen LogP contribution in [0.3, 0.4) is 0 Å². The van der Waals surface area contributed by atoms with Crippen molar-refractivity contribution in [3.63, 3.8) is 0 Å². The second kappa shape index (κ2) is 12.4. The van der Waals surface area contributed by atoms with Crippen molar-refractivity contribution >= 4 is 32.0 Å². The average Bonchev–Trinajstić information content (AvgIpc) is 2.77. The van der Waals surface area contributed by atoms with Gasteiger partial charge in [0.1, 0.15) is 13.2 Å². The number of esters is 2. The molecule has 0 radical (unpaired) electrons.